The maximum Gasteiger partial charge on any atom is 0.0469 e. The molecule has 78 valence electrons. The summed E-state index contributed by atoms with van der Waals surface area (Å²) in [5.41, 5.74) is 0. The largest absolute Gasteiger partial charge is 0.381 e. The zero-order valence-corrected chi connectivity index (χ0v) is 9.01. The summed E-state index contributed by atoms with van der Waals surface area (Å²) in [6.45, 7) is 8.79. The third-order valence-corrected chi connectivity index (χ3v) is 2.67. The van der Waals surface area contributed by atoms with Crippen molar-refractivity contribution >= 4 is 0 Å². The Bertz CT molecular complexity index is 119. The summed E-state index contributed by atoms with van der Waals surface area (Å²) in [5.74, 6) is 1.65. The van der Waals surface area contributed by atoms with Crippen LogP contribution in [-0.2, 0) is 4.74 Å². The van der Waals surface area contributed by atoms with Gasteiger partial charge in [-0.1, -0.05) is 13.8 Å². The fourth-order valence-electron chi connectivity index (χ4n) is 1.63. The topological polar surface area (TPSA) is 21.3 Å². The molecule has 0 aromatic rings. The van der Waals surface area contributed by atoms with Crippen LogP contribution in [0.3, 0.4) is 0 Å². The summed E-state index contributed by atoms with van der Waals surface area (Å²) in [6, 6.07) is 0. The molecule has 2 heteroatoms. The van der Waals surface area contributed by atoms with E-state index in [1.165, 1.54) is 32.4 Å². The Balaban J connectivity index is 1.83. The van der Waals surface area contributed by atoms with Crippen molar-refractivity contribution in [3.05, 3.63) is 0 Å². The molecule has 0 saturated carbocycles. The first kappa shape index (κ1) is 11.0. The van der Waals surface area contributed by atoms with Crippen LogP contribution >= 0.6 is 0 Å². The second-order valence-electron chi connectivity index (χ2n) is 4.44. The molecule has 0 radical (unpaired) electrons. The van der Waals surface area contributed by atoms with E-state index in [0.29, 0.717) is 0 Å². The fourth-order valence-corrected chi connectivity index (χ4v) is 1.63. The van der Waals surface area contributed by atoms with E-state index >= 15 is 0 Å². The molecule has 0 spiro atoms. The molecule has 2 nitrogen and oxygen atoms in total. The van der Waals surface area contributed by atoms with Gasteiger partial charge >= 0.3 is 0 Å². The number of nitrogens with one attached hydrogen (secondary N) is 1. The van der Waals surface area contributed by atoms with Crippen molar-refractivity contribution in [2.24, 2.45) is 11.8 Å². The smallest absolute Gasteiger partial charge is 0.0469 e. The van der Waals surface area contributed by atoms with Gasteiger partial charge in [-0.3, -0.25) is 0 Å². The van der Waals surface area contributed by atoms with Gasteiger partial charge in [0.25, 0.3) is 0 Å². The predicted molar refractivity (Wildman–Crippen MR) is 55.9 cm³/mol. The lowest BCUT2D eigenvalue weighted by molar-refractivity contribution is 0.112. The molecule has 0 amide bonds. The third-order valence-electron chi connectivity index (χ3n) is 2.67. The summed E-state index contributed by atoms with van der Waals surface area (Å²) in [6.07, 6.45) is 3.78. The molecule has 1 aliphatic heterocycles. The average molecular weight is 185 g/mol. The fraction of sp³-hybridized carbons (Fsp3) is 1.00. The van der Waals surface area contributed by atoms with E-state index in [4.69, 9.17) is 4.74 Å². The minimum absolute atomic E-state index is 0.771. The van der Waals surface area contributed by atoms with Crippen LogP contribution in [0, 0.1) is 11.8 Å². The van der Waals surface area contributed by atoms with E-state index in [0.717, 1.165) is 25.0 Å². The molecular weight excluding hydrogens is 162 g/mol. The highest BCUT2D eigenvalue weighted by Crippen LogP contribution is 2.11. The zero-order chi connectivity index (χ0) is 9.52. The Hall–Kier alpha value is -0.0800. The van der Waals surface area contributed by atoms with Crippen LogP contribution < -0.4 is 5.32 Å². The Kier molecular flexibility index (Phi) is 5.40. The van der Waals surface area contributed by atoms with E-state index in [2.05, 4.69) is 19.2 Å². The van der Waals surface area contributed by atoms with Crippen LogP contribution in [0.1, 0.15) is 33.1 Å². The average Bonchev–Trinajstić information content (AvgIpc) is 2.55. The second-order valence-corrected chi connectivity index (χ2v) is 4.44. The van der Waals surface area contributed by atoms with Gasteiger partial charge in [0.05, 0.1) is 0 Å². The van der Waals surface area contributed by atoms with Gasteiger partial charge in [-0.05, 0) is 44.2 Å². The van der Waals surface area contributed by atoms with E-state index in [1.54, 1.807) is 0 Å². The Morgan fingerprint density at radius 2 is 2.23 bits per heavy atom. The van der Waals surface area contributed by atoms with E-state index in [9.17, 15) is 0 Å². The lowest BCUT2D eigenvalue weighted by Crippen LogP contribution is -2.11. The molecule has 0 bridgehead atoms. The van der Waals surface area contributed by atoms with Gasteiger partial charge in [0.1, 0.15) is 0 Å². The molecular formula is C11H23NO. The summed E-state index contributed by atoms with van der Waals surface area (Å²) in [7, 11) is 0. The number of hydrogen-bond acceptors (Lipinski definition) is 2. The van der Waals surface area contributed by atoms with Gasteiger partial charge in [-0.2, -0.15) is 0 Å². The summed E-state index contributed by atoms with van der Waals surface area (Å²) in [5, 5.41) is 3.38. The van der Waals surface area contributed by atoms with Crippen molar-refractivity contribution < 1.29 is 4.74 Å². The van der Waals surface area contributed by atoms with Crippen molar-refractivity contribution in [2.45, 2.75) is 33.1 Å². The monoisotopic (exact) mass is 185 g/mol. The van der Waals surface area contributed by atoms with Crippen molar-refractivity contribution in [1.82, 2.24) is 5.32 Å². The molecule has 1 fully saturated rings. The lowest BCUT2D eigenvalue weighted by Gasteiger charge is -2.09. The summed E-state index contributed by atoms with van der Waals surface area (Å²) in [4.78, 5) is 0. The SMILES string of the molecule is CC(C)CCOCCC1CCNC1. The number of ether oxygens (including phenoxy) is 1. The van der Waals surface area contributed by atoms with Crippen LogP contribution in [0.4, 0.5) is 0 Å². The molecule has 0 aromatic heterocycles. The standard InChI is InChI=1S/C11H23NO/c1-10(2)4-7-13-8-5-11-3-6-12-9-11/h10-12H,3-9H2,1-2H3. The van der Waals surface area contributed by atoms with Crippen molar-refractivity contribution in [3.63, 3.8) is 0 Å². The Morgan fingerprint density at radius 1 is 1.38 bits per heavy atom. The molecule has 13 heavy (non-hydrogen) atoms. The Morgan fingerprint density at radius 3 is 2.85 bits per heavy atom. The minimum Gasteiger partial charge on any atom is -0.381 e. The maximum absolute atomic E-state index is 5.58. The molecule has 1 N–H and O–H groups in total. The number of rotatable bonds is 6. The molecule has 1 rings (SSSR count). The lowest BCUT2D eigenvalue weighted by atomic mass is 10.1. The quantitative estimate of drug-likeness (QED) is 0.639. The maximum atomic E-state index is 5.58. The van der Waals surface area contributed by atoms with E-state index in [1.807, 2.05) is 0 Å². The van der Waals surface area contributed by atoms with Gasteiger partial charge in [-0.15, -0.1) is 0 Å². The van der Waals surface area contributed by atoms with Crippen molar-refractivity contribution in [3.8, 4) is 0 Å². The van der Waals surface area contributed by atoms with Gasteiger partial charge in [0.2, 0.25) is 0 Å². The summed E-state index contributed by atoms with van der Waals surface area (Å²) >= 11 is 0. The highest BCUT2D eigenvalue weighted by molar-refractivity contribution is 4.70. The first-order valence-corrected chi connectivity index (χ1v) is 5.57. The van der Waals surface area contributed by atoms with Gasteiger partial charge in [0.15, 0.2) is 0 Å². The van der Waals surface area contributed by atoms with Crippen LogP contribution in [-0.4, -0.2) is 26.3 Å². The van der Waals surface area contributed by atoms with Crippen molar-refractivity contribution in [2.75, 3.05) is 26.3 Å². The highest BCUT2D eigenvalue weighted by Gasteiger charge is 2.13. The predicted octanol–water partition coefficient (Wildman–Crippen LogP) is 2.05. The molecule has 1 atom stereocenters. The first-order valence-electron chi connectivity index (χ1n) is 5.57. The van der Waals surface area contributed by atoms with Crippen LogP contribution in [0.2, 0.25) is 0 Å². The van der Waals surface area contributed by atoms with E-state index in [-0.39, 0.29) is 0 Å². The second kappa shape index (κ2) is 6.39. The molecule has 1 saturated heterocycles. The Labute approximate surface area is 82.0 Å². The van der Waals surface area contributed by atoms with Gasteiger partial charge in [0, 0.05) is 13.2 Å². The molecule has 0 aromatic carbocycles. The molecule has 1 heterocycles. The minimum atomic E-state index is 0.771. The normalized spacial score (nSPS) is 22.8. The van der Waals surface area contributed by atoms with Crippen LogP contribution in [0.15, 0.2) is 0 Å². The summed E-state index contributed by atoms with van der Waals surface area (Å²) < 4.78 is 5.58. The van der Waals surface area contributed by atoms with Crippen molar-refractivity contribution in [1.29, 1.82) is 0 Å². The van der Waals surface area contributed by atoms with Gasteiger partial charge in [-0.25, -0.2) is 0 Å². The first-order chi connectivity index (χ1) is 6.29. The molecule has 1 aliphatic rings. The molecule has 1 unspecified atom stereocenters. The van der Waals surface area contributed by atoms with E-state index < -0.39 is 0 Å². The van der Waals surface area contributed by atoms with Crippen LogP contribution in [0.5, 0.6) is 0 Å². The zero-order valence-electron chi connectivity index (χ0n) is 9.01. The van der Waals surface area contributed by atoms with Crippen LogP contribution in [0.25, 0.3) is 0 Å². The van der Waals surface area contributed by atoms with Gasteiger partial charge < -0.3 is 10.1 Å². The molecule has 0 aliphatic carbocycles. The highest BCUT2D eigenvalue weighted by atomic mass is 16.5. The third kappa shape index (κ3) is 5.27. The number of hydrogen-bond donors (Lipinski definition) is 1.